The fourth-order valence-corrected chi connectivity index (χ4v) is 0. The first-order valence-corrected chi connectivity index (χ1v) is 2.17. The van der Waals surface area contributed by atoms with E-state index in [2.05, 4.69) is 6.92 Å². The van der Waals surface area contributed by atoms with Crippen LogP contribution in [0.5, 0.6) is 0 Å². The molecule has 0 saturated heterocycles. The van der Waals surface area contributed by atoms with Crippen molar-refractivity contribution in [3.63, 3.8) is 0 Å². The average Bonchev–Trinajstić information content (AvgIpc) is 1.46. The van der Waals surface area contributed by atoms with Crippen LogP contribution < -0.4 is 0 Å². The van der Waals surface area contributed by atoms with Gasteiger partial charge in [-0.05, 0) is 1.37 Å². The number of hydrogen-bond donors (Lipinski definition) is 1. The predicted molar refractivity (Wildman–Crippen MR) is 13.8 cm³/mol. The molecule has 0 aromatic heterocycles. The average molecular weight is 230 g/mol. The maximum atomic E-state index is 6.10. The van der Waals surface area contributed by atoms with Crippen molar-refractivity contribution in [2.24, 2.45) is 0 Å². The van der Waals surface area contributed by atoms with Gasteiger partial charge in [0.15, 0.2) is 0 Å². The summed E-state index contributed by atoms with van der Waals surface area (Å²) >= 11 is 0.833. The summed E-state index contributed by atoms with van der Waals surface area (Å²) < 4.78 is 11.9. The third-order valence-electron chi connectivity index (χ3n) is 0. The van der Waals surface area contributed by atoms with Gasteiger partial charge < -0.3 is 6.92 Å². The Balaban J connectivity index is 0. The molecule has 0 radical (unpaired) electrons. The van der Waals surface area contributed by atoms with Gasteiger partial charge in [-0.25, -0.2) is 0 Å². The normalized spacial score (nSPS) is 5.75. The molecule has 0 atom stereocenters. The van der Waals surface area contributed by atoms with Gasteiger partial charge in [-0.1, -0.05) is 0 Å². The zero-order chi connectivity index (χ0) is 4.71. The molecule has 0 fully saturated rings. The Hall–Kier alpha value is 0.488. The van der Waals surface area contributed by atoms with Gasteiger partial charge in [-0.15, -0.1) is 0 Å². The first-order chi connectivity index (χ1) is 2.41. The fraction of sp³-hybridized carbons (Fsp3) is 0.500. The summed E-state index contributed by atoms with van der Waals surface area (Å²) in [5.74, 6) is 0. The molecule has 0 amide bonds. The van der Waals surface area contributed by atoms with Crippen molar-refractivity contribution >= 4 is 0 Å². The summed E-state index contributed by atoms with van der Waals surface area (Å²) in [5.41, 5.74) is 0. The van der Waals surface area contributed by atoms with E-state index in [1.54, 1.807) is 0 Å². The molecular formula is C2H6NW-. The summed E-state index contributed by atoms with van der Waals surface area (Å²) in [5, 5.41) is 0. The van der Waals surface area contributed by atoms with E-state index in [1.165, 1.54) is 0 Å². The van der Waals surface area contributed by atoms with Gasteiger partial charge in [0.2, 0.25) is 0 Å². The molecule has 26 valence electrons. The summed E-state index contributed by atoms with van der Waals surface area (Å²) in [6.07, 6.45) is 0. The van der Waals surface area contributed by atoms with Gasteiger partial charge in [0.25, 0.3) is 0 Å². The second-order valence-corrected chi connectivity index (χ2v) is 0. The van der Waals surface area contributed by atoms with Crippen molar-refractivity contribution in [1.82, 2.24) is 0 Å². The van der Waals surface area contributed by atoms with Crippen LogP contribution in [0.1, 0.15) is 8.27 Å². The van der Waals surface area contributed by atoms with Crippen LogP contribution in [0.3, 0.4) is 0 Å². The standard InChI is InChI=1S/C2H5.HN.W/c1-2;;/h1H2,2H3;1H;/q-1;;/i2T;;. The molecule has 0 saturated carbocycles. The maximum absolute atomic E-state index is 6.10. The molecule has 0 aliphatic heterocycles. The summed E-state index contributed by atoms with van der Waals surface area (Å²) in [6, 6.07) is 0. The van der Waals surface area contributed by atoms with Gasteiger partial charge in [0.05, 0.1) is 0 Å². The molecule has 2 heteroatoms. The van der Waals surface area contributed by atoms with Gasteiger partial charge in [0, 0.05) is 0 Å². The van der Waals surface area contributed by atoms with E-state index in [-0.39, 0.29) is 6.90 Å². The van der Waals surface area contributed by atoms with Crippen molar-refractivity contribution in [2.75, 3.05) is 0 Å². The molecule has 0 aliphatic carbocycles. The second kappa shape index (κ2) is 90.6. The second-order valence-electron chi connectivity index (χ2n) is 0. The minimum absolute atomic E-state index is 0.250. The molecule has 0 bridgehead atoms. The van der Waals surface area contributed by atoms with E-state index in [1.807, 2.05) is 0 Å². The molecule has 1 nitrogen and oxygen atoms in total. The number of rotatable bonds is 0. The van der Waals surface area contributed by atoms with Crippen LogP contribution >= 0.6 is 0 Å². The molecule has 0 heterocycles. The molecule has 0 rings (SSSR count). The first-order valence-electron chi connectivity index (χ1n) is 1.41. The number of nitrogens with one attached hydrogen (secondary N) is 1. The van der Waals surface area contributed by atoms with Gasteiger partial charge >= 0.3 is 23.5 Å². The van der Waals surface area contributed by atoms with E-state index in [0.29, 0.717) is 0 Å². The Kier molecular flexibility index (Phi) is 102. The number of hydrogen-bond acceptors (Lipinski definition) is 1. The van der Waals surface area contributed by atoms with Crippen LogP contribution in [0.25, 0.3) is 0 Å². The van der Waals surface area contributed by atoms with E-state index in [4.69, 9.17) is 5.28 Å². The van der Waals surface area contributed by atoms with Crippen molar-refractivity contribution in [2.45, 2.75) is 6.90 Å². The quantitative estimate of drug-likeness (QED) is 0.603. The van der Waals surface area contributed by atoms with Gasteiger partial charge in [-0.2, -0.15) is 6.90 Å². The van der Waals surface area contributed by atoms with E-state index < -0.39 is 0 Å². The molecular weight excluding hydrogens is 222 g/mol. The minimum atomic E-state index is 0.250. The Bertz CT molecular complexity index is 13.6. The van der Waals surface area contributed by atoms with Crippen LogP contribution in [0, 0.1) is 10.8 Å². The molecule has 0 aromatic carbocycles. The van der Waals surface area contributed by atoms with Crippen LogP contribution in [-0.4, -0.2) is 0 Å². The Morgan fingerprint density at radius 1 is 2.25 bits per heavy atom. The predicted octanol–water partition coefficient (Wildman–Crippen LogP) is 1.14. The van der Waals surface area contributed by atoms with E-state index in [9.17, 15) is 0 Å². The first kappa shape index (κ1) is 4.49. The van der Waals surface area contributed by atoms with Crippen molar-refractivity contribution in [3.05, 3.63) is 6.92 Å². The van der Waals surface area contributed by atoms with Crippen LogP contribution in [0.15, 0.2) is 0 Å². The van der Waals surface area contributed by atoms with Crippen molar-refractivity contribution in [3.8, 4) is 0 Å². The van der Waals surface area contributed by atoms with E-state index in [0.717, 1.165) is 19.6 Å². The molecule has 4 heavy (non-hydrogen) atoms. The monoisotopic (exact) mass is 230 g/mol. The molecule has 0 aliphatic rings. The Morgan fingerprint density at radius 2 is 2.25 bits per heavy atom. The molecule has 1 N–H and O–H groups in total. The SMILES string of the molecule is [3H]C[CH2-].[NH]=[W]. The Labute approximate surface area is 39.4 Å². The van der Waals surface area contributed by atoms with Gasteiger partial charge in [0.1, 0.15) is 0 Å². The fourth-order valence-electron chi connectivity index (χ4n) is 0. The van der Waals surface area contributed by atoms with E-state index >= 15 is 0 Å². The summed E-state index contributed by atoms with van der Waals surface area (Å²) in [6.45, 7) is 3.40. The van der Waals surface area contributed by atoms with Crippen LogP contribution in [0.2, 0.25) is 0 Å². The van der Waals surface area contributed by atoms with Crippen molar-refractivity contribution < 1.29 is 21.0 Å². The van der Waals surface area contributed by atoms with Crippen LogP contribution in [0.4, 0.5) is 0 Å². The van der Waals surface area contributed by atoms with Gasteiger partial charge in [-0.3, -0.25) is 0 Å². The molecule has 0 unspecified atom stereocenters. The molecule has 0 aromatic rings. The zero-order valence-electron chi connectivity index (χ0n) is 3.32. The zero-order valence-corrected chi connectivity index (χ0v) is 5.26. The van der Waals surface area contributed by atoms with Crippen molar-refractivity contribution in [1.29, 1.82) is 3.91 Å². The van der Waals surface area contributed by atoms with Crippen LogP contribution in [-0.2, 0) is 19.6 Å². The molecule has 0 spiro atoms. The third kappa shape index (κ3) is 23.1. The summed E-state index contributed by atoms with van der Waals surface area (Å²) in [7, 11) is 0. The third-order valence-corrected chi connectivity index (χ3v) is 0. The summed E-state index contributed by atoms with van der Waals surface area (Å²) in [4.78, 5) is 0. The Morgan fingerprint density at radius 3 is 2.25 bits per heavy atom. The topological polar surface area (TPSA) is 23.9 Å².